The fraction of sp³-hybridized carbons (Fsp3) is 0. The molecule has 2 nitrogen and oxygen atoms in total. The smallest absolute Gasteiger partial charge is 0.246 e. The molecule has 0 aromatic carbocycles. The minimum absolute atomic E-state index is 1.49. The molecule has 0 rings (SSSR count). The van der Waals surface area contributed by atoms with E-state index in [1.165, 1.54) is 0 Å². The molecular weight excluding hydrogens is 130 g/mol. The van der Waals surface area contributed by atoms with E-state index < -0.39 is 11.8 Å². The molecule has 0 amide bonds. The lowest BCUT2D eigenvalue weighted by atomic mass is 10.6. The topological polar surface area (TPSA) is 26.3 Å². The van der Waals surface area contributed by atoms with Gasteiger partial charge in [-0.3, -0.25) is 0 Å². The van der Waals surface area contributed by atoms with Crippen LogP contribution < -0.4 is 0 Å². The molecule has 0 aromatic rings. The lowest BCUT2D eigenvalue weighted by Crippen LogP contribution is -1.95. The summed E-state index contributed by atoms with van der Waals surface area (Å²) in [5, 5.41) is 0. The van der Waals surface area contributed by atoms with Crippen LogP contribution in [0.1, 0.15) is 0 Å². The zero-order valence-corrected chi connectivity index (χ0v) is 4.28. The third kappa shape index (κ3) is 2.44. The Morgan fingerprint density at radius 1 is 1.67 bits per heavy atom. The summed E-state index contributed by atoms with van der Waals surface area (Å²) in [5.74, 6) is -3.22. The van der Waals surface area contributed by atoms with Crippen LogP contribution in [0.5, 0.6) is 0 Å². The van der Waals surface area contributed by atoms with Crippen molar-refractivity contribution in [3.05, 3.63) is 23.9 Å². The lowest BCUT2D eigenvalue weighted by molar-refractivity contribution is -0.180. The molecule has 48 valence electrons. The van der Waals surface area contributed by atoms with Crippen LogP contribution >= 0.6 is 0 Å². The minimum Gasteiger partial charge on any atom is -0.246 e. The molecule has 0 aliphatic rings. The molecule has 4 heteroatoms. The second-order valence-corrected chi connectivity index (χ2v) is 0.980. The molecule has 0 N–H and O–H groups in total. The van der Waals surface area contributed by atoms with Gasteiger partial charge in [-0.2, -0.15) is 4.39 Å². The van der Waals surface area contributed by atoms with Crippen LogP contribution in [0.25, 0.3) is 0 Å². The van der Waals surface area contributed by atoms with Crippen LogP contribution in [0, 0.1) is 0 Å². The number of hydrogen-bond donors (Lipinski definition) is 0. The molecule has 0 atom stereocenters. The standard InChI is InChI=1S/C5H2F2O2/c1-2-3-4(6)5(8)9-7/h1H2. The van der Waals surface area contributed by atoms with Gasteiger partial charge in [-0.15, -0.1) is 0 Å². The van der Waals surface area contributed by atoms with Crippen LogP contribution in [0.4, 0.5) is 8.92 Å². The molecule has 0 aliphatic carbocycles. The average molecular weight is 132 g/mol. The molecule has 0 aliphatic heterocycles. The molecule has 0 saturated carbocycles. The molecule has 0 radical (unpaired) electrons. The number of hydrogen-bond acceptors (Lipinski definition) is 2. The monoisotopic (exact) mass is 132 g/mol. The van der Waals surface area contributed by atoms with Gasteiger partial charge in [0.15, 0.2) is 0 Å². The second-order valence-electron chi connectivity index (χ2n) is 0.980. The van der Waals surface area contributed by atoms with Crippen molar-refractivity contribution in [3.8, 4) is 0 Å². The van der Waals surface area contributed by atoms with E-state index in [9.17, 15) is 13.7 Å². The molecular formula is C5H2F2O2. The van der Waals surface area contributed by atoms with E-state index in [0.717, 1.165) is 0 Å². The Labute approximate surface area is 49.6 Å². The first-order chi connectivity index (χ1) is 4.22. The van der Waals surface area contributed by atoms with Gasteiger partial charge < -0.3 is 0 Å². The quantitative estimate of drug-likeness (QED) is 0.396. The summed E-state index contributed by atoms with van der Waals surface area (Å²) in [4.78, 5) is 12.2. The zero-order valence-electron chi connectivity index (χ0n) is 4.28. The van der Waals surface area contributed by atoms with E-state index in [0.29, 0.717) is 0 Å². The van der Waals surface area contributed by atoms with Crippen molar-refractivity contribution in [2.75, 3.05) is 0 Å². The van der Waals surface area contributed by atoms with Gasteiger partial charge in [0.25, 0.3) is 5.83 Å². The maximum atomic E-state index is 11.8. The van der Waals surface area contributed by atoms with Crippen molar-refractivity contribution >= 4 is 5.97 Å². The molecule has 0 spiro atoms. The highest BCUT2D eigenvalue weighted by molar-refractivity contribution is 5.85. The number of carbonyl (C=O) groups excluding carboxylic acids is 1. The molecule has 0 heterocycles. The maximum Gasteiger partial charge on any atom is 0.416 e. The van der Waals surface area contributed by atoms with Crippen molar-refractivity contribution in [1.82, 2.24) is 0 Å². The Kier molecular flexibility index (Phi) is 3.06. The van der Waals surface area contributed by atoms with Crippen molar-refractivity contribution in [2.45, 2.75) is 0 Å². The van der Waals surface area contributed by atoms with E-state index in [2.05, 4.69) is 11.5 Å². The predicted octanol–water partition coefficient (Wildman–Crippen LogP) is 1.21. The summed E-state index contributed by atoms with van der Waals surface area (Å²) in [6, 6.07) is 0. The fourth-order valence-electron chi connectivity index (χ4n) is 0.163. The molecule has 0 aromatic heterocycles. The fourth-order valence-corrected chi connectivity index (χ4v) is 0.163. The predicted molar refractivity (Wildman–Crippen MR) is 24.5 cm³/mol. The third-order valence-corrected chi connectivity index (χ3v) is 0.447. The van der Waals surface area contributed by atoms with Gasteiger partial charge in [0, 0.05) is 4.53 Å². The minimum atomic E-state index is -1.73. The van der Waals surface area contributed by atoms with E-state index in [4.69, 9.17) is 0 Å². The Hall–Kier alpha value is -1.37. The van der Waals surface area contributed by atoms with Crippen molar-refractivity contribution in [2.24, 2.45) is 0 Å². The molecule has 0 bridgehead atoms. The number of rotatable bonds is 1. The van der Waals surface area contributed by atoms with Crippen molar-refractivity contribution in [3.63, 3.8) is 0 Å². The van der Waals surface area contributed by atoms with E-state index >= 15 is 0 Å². The van der Waals surface area contributed by atoms with Crippen molar-refractivity contribution in [1.29, 1.82) is 0 Å². The Morgan fingerprint density at radius 3 is 2.56 bits per heavy atom. The van der Waals surface area contributed by atoms with Gasteiger partial charge in [0.1, 0.15) is 0 Å². The largest absolute Gasteiger partial charge is 0.416 e. The van der Waals surface area contributed by atoms with Gasteiger partial charge >= 0.3 is 5.97 Å². The van der Waals surface area contributed by atoms with Crippen LogP contribution in [-0.2, 0) is 9.74 Å². The van der Waals surface area contributed by atoms with Gasteiger partial charge in [-0.05, 0) is 12.3 Å². The normalized spacial score (nSPS) is 6.89. The number of halogens is 2. The van der Waals surface area contributed by atoms with Crippen LogP contribution in [0.3, 0.4) is 0 Å². The summed E-state index contributed by atoms with van der Waals surface area (Å²) in [5.41, 5.74) is 3.37. The van der Waals surface area contributed by atoms with Crippen molar-refractivity contribution < 1.29 is 18.7 Å². The Balaban J connectivity index is 4.39. The van der Waals surface area contributed by atoms with E-state index in [1.54, 1.807) is 11.5 Å². The second kappa shape index (κ2) is 3.61. The molecule has 0 unspecified atom stereocenters. The average Bonchev–Trinajstić information content (AvgIpc) is 1.87. The van der Waals surface area contributed by atoms with Crippen LogP contribution in [0.15, 0.2) is 23.9 Å². The zero-order chi connectivity index (χ0) is 7.28. The SMILES string of the molecule is C=C=C=C(F)C(=O)OF. The summed E-state index contributed by atoms with van der Waals surface area (Å²) in [6.07, 6.45) is 0. The summed E-state index contributed by atoms with van der Waals surface area (Å²) >= 11 is 0. The third-order valence-electron chi connectivity index (χ3n) is 0.447. The van der Waals surface area contributed by atoms with Gasteiger partial charge in [0.2, 0.25) is 0 Å². The summed E-state index contributed by atoms with van der Waals surface area (Å²) in [6.45, 7) is 2.89. The first-order valence-corrected chi connectivity index (χ1v) is 1.86. The maximum absolute atomic E-state index is 11.8. The number of carbonyl (C=O) groups is 1. The Morgan fingerprint density at radius 2 is 2.22 bits per heavy atom. The highest BCUT2D eigenvalue weighted by Gasteiger charge is 2.08. The first kappa shape index (κ1) is 7.63. The van der Waals surface area contributed by atoms with Gasteiger partial charge in [-0.1, -0.05) is 5.73 Å². The van der Waals surface area contributed by atoms with Crippen LogP contribution in [-0.4, -0.2) is 5.97 Å². The van der Waals surface area contributed by atoms with Gasteiger partial charge in [-0.25, -0.2) is 9.74 Å². The van der Waals surface area contributed by atoms with Gasteiger partial charge in [0.05, 0.1) is 0 Å². The highest BCUT2D eigenvalue weighted by atomic mass is 19.3. The first-order valence-electron chi connectivity index (χ1n) is 1.86. The molecule has 9 heavy (non-hydrogen) atoms. The summed E-state index contributed by atoms with van der Waals surface area (Å²) in [7, 11) is 0. The van der Waals surface area contributed by atoms with E-state index in [-0.39, 0.29) is 0 Å². The highest BCUT2D eigenvalue weighted by Crippen LogP contribution is 1.95. The Bertz CT molecular complexity index is 197. The molecule has 0 saturated heterocycles. The lowest BCUT2D eigenvalue weighted by Gasteiger charge is -1.80. The molecule has 0 fully saturated rings. The van der Waals surface area contributed by atoms with Crippen LogP contribution in [0.2, 0.25) is 0 Å². The summed E-state index contributed by atoms with van der Waals surface area (Å²) < 4.78 is 22.5. The van der Waals surface area contributed by atoms with E-state index in [1.807, 2.05) is 0 Å².